The van der Waals surface area contributed by atoms with Crippen molar-refractivity contribution in [3.05, 3.63) is 111 Å². The molecule has 0 saturated carbocycles. The second-order valence-corrected chi connectivity index (χ2v) is 10.9. The van der Waals surface area contributed by atoms with Gasteiger partial charge in [0, 0.05) is 32.9 Å². The van der Waals surface area contributed by atoms with Gasteiger partial charge in [0.25, 0.3) is 5.91 Å². The average Bonchev–Trinajstić information content (AvgIpc) is 2.86. The predicted molar refractivity (Wildman–Crippen MR) is 154 cm³/mol. The number of aliphatic hydroxyl groups is 1. The second-order valence-electron chi connectivity index (χ2n) is 8.60. The van der Waals surface area contributed by atoms with E-state index in [9.17, 15) is 9.90 Å². The van der Waals surface area contributed by atoms with E-state index >= 15 is 0 Å². The van der Waals surface area contributed by atoms with E-state index in [0.29, 0.717) is 24.4 Å². The van der Waals surface area contributed by atoms with Gasteiger partial charge in [-0.25, -0.2) is 0 Å². The zero-order valence-electron chi connectivity index (χ0n) is 19.6. The van der Waals surface area contributed by atoms with E-state index < -0.39 is 12.1 Å². The lowest BCUT2D eigenvalue weighted by Gasteiger charge is -2.25. The Bertz CT molecular complexity index is 1300. The van der Waals surface area contributed by atoms with Crippen molar-refractivity contribution in [2.75, 3.05) is 12.3 Å². The summed E-state index contributed by atoms with van der Waals surface area (Å²) < 4.78 is 1.18. The van der Waals surface area contributed by atoms with Gasteiger partial charge in [-0.2, -0.15) is 0 Å². The molecule has 0 saturated heterocycles. The van der Waals surface area contributed by atoms with E-state index in [1.807, 2.05) is 43.3 Å². The normalized spacial score (nSPS) is 12.9. The number of fused-ring (bicyclic) bond motifs is 1. The van der Waals surface area contributed by atoms with Crippen LogP contribution in [0.15, 0.2) is 95.9 Å². The maximum atomic E-state index is 13.0. The molecule has 4 rings (SSSR count). The van der Waals surface area contributed by atoms with E-state index in [1.165, 1.54) is 14.3 Å². The predicted octanol–water partition coefficient (Wildman–Crippen LogP) is 5.79. The topological polar surface area (TPSA) is 61.4 Å². The number of amides is 1. The number of thioether (sulfide) groups is 1. The Morgan fingerprint density at radius 1 is 0.943 bits per heavy atom. The number of hydrogen-bond donors (Lipinski definition) is 3. The van der Waals surface area contributed by atoms with Gasteiger partial charge >= 0.3 is 0 Å². The van der Waals surface area contributed by atoms with Crippen molar-refractivity contribution >= 4 is 51.0 Å². The number of aliphatic hydroxyl groups excluding tert-OH is 1. The molecule has 1 amide bonds. The molecular formula is C29H29IN2O2S. The lowest BCUT2D eigenvalue weighted by Crippen LogP contribution is -2.49. The van der Waals surface area contributed by atoms with Crippen LogP contribution in [0.1, 0.15) is 21.5 Å². The van der Waals surface area contributed by atoms with Crippen molar-refractivity contribution in [3.8, 4) is 0 Å². The van der Waals surface area contributed by atoms with E-state index in [1.54, 1.807) is 17.8 Å². The highest BCUT2D eigenvalue weighted by molar-refractivity contribution is 14.1. The maximum absolute atomic E-state index is 13.0. The molecule has 0 aliphatic heterocycles. The van der Waals surface area contributed by atoms with Crippen molar-refractivity contribution in [1.29, 1.82) is 0 Å². The summed E-state index contributed by atoms with van der Waals surface area (Å²) in [6.07, 6.45) is -0.737. The summed E-state index contributed by atoms with van der Waals surface area (Å²) >= 11 is 3.94. The second kappa shape index (κ2) is 12.5. The van der Waals surface area contributed by atoms with Crippen molar-refractivity contribution in [2.45, 2.75) is 30.5 Å². The van der Waals surface area contributed by atoms with E-state index in [2.05, 4.69) is 81.8 Å². The largest absolute Gasteiger partial charge is 0.390 e. The molecule has 4 aromatic carbocycles. The summed E-state index contributed by atoms with van der Waals surface area (Å²) in [6, 6.07) is 30.0. The van der Waals surface area contributed by atoms with E-state index in [4.69, 9.17) is 0 Å². The van der Waals surface area contributed by atoms with Crippen LogP contribution in [-0.4, -0.2) is 35.5 Å². The molecule has 0 heterocycles. The Morgan fingerprint density at radius 3 is 2.54 bits per heavy atom. The standard InChI is InChI=1S/C29H29IN2O2S/c1-20-6-4-10-24(14-20)29(34)32-27(28(33)18-31-17-21-7-5-11-25(30)15-21)19-35-26-13-12-22-8-2-3-9-23(22)16-26/h2-16,27-28,31,33H,17-19H2,1H3,(H,32,34)/t27-,28-/m0/s1. The molecule has 0 bridgehead atoms. The molecule has 180 valence electrons. The molecule has 4 nitrogen and oxygen atoms in total. The average molecular weight is 597 g/mol. The summed E-state index contributed by atoms with van der Waals surface area (Å²) in [6.45, 7) is 3.00. The van der Waals surface area contributed by atoms with Crippen LogP contribution in [-0.2, 0) is 6.54 Å². The van der Waals surface area contributed by atoms with Gasteiger partial charge in [0.2, 0.25) is 0 Å². The number of carbonyl (C=O) groups is 1. The Labute approximate surface area is 224 Å². The van der Waals surface area contributed by atoms with Crippen LogP contribution >= 0.6 is 34.4 Å². The van der Waals surface area contributed by atoms with Gasteiger partial charge < -0.3 is 15.7 Å². The lowest BCUT2D eigenvalue weighted by atomic mass is 10.1. The van der Waals surface area contributed by atoms with Crippen LogP contribution in [0.4, 0.5) is 0 Å². The molecule has 0 radical (unpaired) electrons. The third-order valence-corrected chi connectivity index (χ3v) is 7.57. The molecule has 0 aliphatic rings. The molecule has 35 heavy (non-hydrogen) atoms. The zero-order valence-corrected chi connectivity index (χ0v) is 22.6. The van der Waals surface area contributed by atoms with Crippen LogP contribution in [0.5, 0.6) is 0 Å². The van der Waals surface area contributed by atoms with Crippen molar-refractivity contribution in [3.63, 3.8) is 0 Å². The van der Waals surface area contributed by atoms with Crippen LogP contribution in [0.3, 0.4) is 0 Å². The van der Waals surface area contributed by atoms with Crippen molar-refractivity contribution < 1.29 is 9.90 Å². The number of halogens is 1. The fourth-order valence-corrected chi connectivity index (χ4v) is 5.54. The maximum Gasteiger partial charge on any atom is 0.251 e. The van der Waals surface area contributed by atoms with Gasteiger partial charge in [0.15, 0.2) is 0 Å². The number of aryl methyl sites for hydroxylation is 1. The van der Waals surface area contributed by atoms with Crippen molar-refractivity contribution in [2.24, 2.45) is 0 Å². The van der Waals surface area contributed by atoms with Crippen LogP contribution in [0.25, 0.3) is 10.8 Å². The number of rotatable bonds is 10. The van der Waals surface area contributed by atoms with Gasteiger partial charge in [-0.15, -0.1) is 11.8 Å². The van der Waals surface area contributed by atoms with Gasteiger partial charge in [-0.3, -0.25) is 4.79 Å². The van der Waals surface area contributed by atoms with Crippen molar-refractivity contribution in [1.82, 2.24) is 10.6 Å². The molecule has 0 unspecified atom stereocenters. The van der Waals surface area contributed by atoms with Gasteiger partial charge in [0.1, 0.15) is 0 Å². The third kappa shape index (κ3) is 7.54. The fourth-order valence-electron chi connectivity index (χ4n) is 3.88. The van der Waals surface area contributed by atoms with Gasteiger partial charge in [-0.05, 0) is 82.2 Å². The quantitative estimate of drug-likeness (QED) is 0.160. The third-order valence-electron chi connectivity index (χ3n) is 5.78. The van der Waals surface area contributed by atoms with E-state index in [-0.39, 0.29) is 5.91 Å². The zero-order chi connectivity index (χ0) is 24.6. The molecule has 0 fully saturated rings. The lowest BCUT2D eigenvalue weighted by molar-refractivity contribution is 0.0854. The summed E-state index contributed by atoms with van der Waals surface area (Å²) in [7, 11) is 0. The highest BCUT2D eigenvalue weighted by Gasteiger charge is 2.22. The molecule has 4 aromatic rings. The smallest absolute Gasteiger partial charge is 0.251 e. The first-order valence-corrected chi connectivity index (χ1v) is 13.7. The summed E-state index contributed by atoms with van der Waals surface area (Å²) in [5.74, 6) is 0.386. The fraction of sp³-hybridized carbons (Fsp3) is 0.207. The number of nitrogens with one attached hydrogen (secondary N) is 2. The van der Waals surface area contributed by atoms with Crippen LogP contribution < -0.4 is 10.6 Å². The molecule has 0 spiro atoms. The minimum Gasteiger partial charge on any atom is -0.390 e. The molecule has 0 aromatic heterocycles. The number of hydrogen-bond acceptors (Lipinski definition) is 4. The monoisotopic (exact) mass is 596 g/mol. The minimum atomic E-state index is -0.737. The van der Waals surface area contributed by atoms with E-state index in [0.717, 1.165) is 16.0 Å². The number of benzene rings is 4. The molecule has 3 N–H and O–H groups in total. The number of carbonyl (C=O) groups excluding carboxylic acids is 1. The minimum absolute atomic E-state index is 0.172. The first kappa shape index (κ1) is 25.7. The molecular weight excluding hydrogens is 567 g/mol. The SMILES string of the molecule is Cc1cccc(C(=O)N[C@@H](CSc2ccc3ccccc3c2)[C@@H](O)CNCc2cccc(I)c2)c1. The van der Waals surface area contributed by atoms with Gasteiger partial charge in [-0.1, -0.05) is 60.2 Å². The summed E-state index contributed by atoms with van der Waals surface area (Å²) in [5, 5.41) is 19.8. The van der Waals surface area contributed by atoms with Gasteiger partial charge in [0.05, 0.1) is 12.1 Å². The van der Waals surface area contributed by atoms with Crippen LogP contribution in [0.2, 0.25) is 0 Å². The summed E-state index contributed by atoms with van der Waals surface area (Å²) in [5.41, 5.74) is 2.79. The van der Waals surface area contributed by atoms with Crippen LogP contribution in [0, 0.1) is 10.5 Å². The Morgan fingerprint density at radius 2 is 1.74 bits per heavy atom. The first-order chi connectivity index (χ1) is 17.0. The highest BCUT2D eigenvalue weighted by Crippen LogP contribution is 2.25. The molecule has 6 heteroatoms. The molecule has 2 atom stereocenters. The first-order valence-electron chi connectivity index (χ1n) is 11.6. The summed E-state index contributed by atoms with van der Waals surface area (Å²) in [4.78, 5) is 14.1. The molecule has 0 aliphatic carbocycles. The Balaban J connectivity index is 1.43. The highest BCUT2D eigenvalue weighted by atomic mass is 127. The Hall–Kier alpha value is -2.39. The Kier molecular flexibility index (Phi) is 9.20.